The van der Waals surface area contributed by atoms with Gasteiger partial charge in [-0.05, 0) is 31.0 Å². The molecule has 2 heterocycles. The summed E-state index contributed by atoms with van der Waals surface area (Å²) < 4.78 is 5.06. The van der Waals surface area contributed by atoms with Crippen molar-refractivity contribution < 1.29 is 9.21 Å². The van der Waals surface area contributed by atoms with E-state index < -0.39 is 0 Å². The minimum atomic E-state index is 0.0871. The topological polar surface area (TPSA) is 33.5 Å². The molecule has 1 unspecified atom stereocenters. The van der Waals surface area contributed by atoms with Gasteiger partial charge in [-0.2, -0.15) is 0 Å². The van der Waals surface area contributed by atoms with Gasteiger partial charge in [-0.1, -0.05) is 6.92 Å². The highest BCUT2D eigenvalue weighted by Gasteiger charge is 2.21. The Hall–Kier alpha value is -1.09. The van der Waals surface area contributed by atoms with E-state index in [2.05, 4.69) is 11.8 Å². The van der Waals surface area contributed by atoms with Crippen LogP contribution in [0.1, 0.15) is 23.9 Å². The second kappa shape index (κ2) is 3.96. The van der Waals surface area contributed by atoms with Crippen molar-refractivity contribution in [2.75, 3.05) is 19.6 Å². The van der Waals surface area contributed by atoms with Gasteiger partial charge in [-0.25, -0.2) is 0 Å². The predicted molar refractivity (Wildman–Crippen MR) is 53.3 cm³/mol. The number of carbonyl (C=O) groups is 1. The maximum absolute atomic E-state index is 11.6. The number of rotatable bonds is 3. The zero-order valence-electron chi connectivity index (χ0n) is 8.40. The van der Waals surface area contributed by atoms with Crippen LogP contribution in [0, 0.1) is 5.92 Å². The van der Waals surface area contributed by atoms with Gasteiger partial charge in [0.15, 0.2) is 5.76 Å². The lowest BCUT2D eigenvalue weighted by Gasteiger charge is -2.12. The molecule has 76 valence electrons. The first kappa shape index (κ1) is 9.46. The molecular formula is C11H15NO2. The molecule has 0 saturated carbocycles. The molecule has 1 saturated heterocycles. The number of ketones is 1. The van der Waals surface area contributed by atoms with Gasteiger partial charge in [0.1, 0.15) is 0 Å². The molecule has 1 aromatic heterocycles. The van der Waals surface area contributed by atoms with Crippen molar-refractivity contribution in [1.82, 2.24) is 4.90 Å². The third kappa shape index (κ3) is 2.04. The molecule has 1 atom stereocenters. The highest BCUT2D eigenvalue weighted by atomic mass is 16.3. The van der Waals surface area contributed by atoms with E-state index in [-0.39, 0.29) is 5.78 Å². The van der Waals surface area contributed by atoms with Crippen LogP contribution >= 0.6 is 0 Å². The van der Waals surface area contributed by atoms with Crippen molar-refractivity contribution >= 4 is 5.78 Å². The van der Waals surface area contributed by atoms with E-state index >= 15 is 0 Å². The summed E-state index contributed by atoms with van der Waals surface area (Å²) in [5.74, 6) is 1.29. The van der Waals surface area contributed by atoms with Gasteiger partial charge in [-0.3, -0.25) is 9.69 Å². The number of likely N-dealkylation sites (tertiary alicyclic amines) is 1. The summed E-state index contributed by atoms with van der Waals surface area (Å²) in [4.78, 5) is 13.8. The maximum atomic E-state index is 11.6. The highest BCUT2D eigenvalue weighted by molar-refractivity contribution is 5.95. The van der Waals surface area contributed by atoms with E-state index in [1.165, 1.54) is 6.42 Å². The fourth-order valence-electron chi connectivity index (χ4n) is 1.89. The summed E-state index contributed by atoms with van der Waals surface area (Å²) >= 11 is 0. The van der Waals surface area contributed by atoms with E-state index in [1.807, 2.05) is 0 Å². The summed E-state index contributed by atoms with van der Waals surface area (Å²) in [5.41, 5.74) is 0. The lowest BCUT2D eigenvalue weighted by atomic mass is 10.2. The molecule has 1 aliphatic heterocycles. The van der Waals surface area contributed by atoms with Gasteiger partial charge in [0.05, 0.1) is 12.8 Å². The molecule has 0 radical (unpaired) electrons. The number of carbonyl (C=O) groups excluding carboxylic acids is 1. The van der Waals surface area contributed by atoms with Gasteiger partial charge in [0.25, 0.3) is 0 Å². The summed E-state index contributed by atoms with van der Waals surface area (Å²) in [5, 5.41) is 0. The van der Waals surface area contributed by atoms with E-state index in [0.29, 0.717) is 12.3 Å². The predicted octanol–water partition coefficient (Wildman–Crippen LogP) is 1.80. The molecule has 14 heavy (non-hydrogen) atoms. The van der Waals surface area contributed by atoms with Crippen molar-refractivity contribution in [2.24, 2.45) is 5.92 Å². The summed E-state index contributed by atoms with van der Waals surface area (Å²) in [7, 11) is 0. The molecule has 0 spiro atoms. The molecule has 0 amide bonds. The fourth-order valence-corrected chi connectivity index (χ4v) is 1.89. The van der Waals surface area contributed by atoms with Crippen molar-refractivity contribution in [1.29, 1.82) is 0 Å². The van der Waals surface area contributed by atoms with E-state index in [9.17, 15) is 4.79 Å². The lowest BCUT2D eigenvalue weighted by Crippen LogP contribution is -2.27. The molecule has 3 heteroatoms. The first-order chi connectivity index (χ1) is 6.75. The lowest BCUT2D eigenvalue weighted by molar-refractivity contribution is 0.0916. The molecule has 1 aromatic rings. The van der Waals surface area contributed by atoms with Crippen LogP contribution in [0.3, 0.4) is 0 Å². The Morgan fingerprint density at radius 1 is 1.71 bits per heavy atom. The van der Waals surface area contributed by atoms with Crippen LogP contribution < -0.4 is 0 Å². The summed E-state index contributed by atoms with van der Waals surface area (Å²) in [6.07, 6.45) is 2.74. The van der Waals surface area contributed by atoms with Gasteiger partial charge in [-0.15, -0.1) is 0 Å². The normalized spacial score (nSPS) is 22.8. The quantitative estimate of drug-likeness (QED) is 0.686. The smallest absolute Gasteiger partial charge is 0.211 e. The Balaban J connectivity index is 1.89. The summed E-state index contributed by atoms with van der Waals surface area (Å²) in [6.45, 7) is 4.79. The van der Waals surface area contributed by atoms with Crippen molar-refractivity contribution in [3.8, 4) is 0 Å². The third-order valence-corrected chi connectivity index (χ3v) is 2.67. The Labute approximate surface area is 83.7 Å². The zero-order valence-corrected chi connectivity index (χ0v) is 8.40. The zero-order chi connectivity index (χ0) is 9.97. The minimum absolute atomic E-state index is 0.0871. The van der Waals surface area contributed by atoms with Crippen molar-refractivity contribution in [2.45, 2.75) is 13.3 Å². The van der Waals surface area contributed by atoms with Crippen LogP contribution in [0.2, 0.25) is 0 Å². The Morgan fingerprint density at radius 2 is 2.57 bits per heavy atom. The highest BCUT2D eigenvalue weighted by Crippen LogP contribution is 2.15. The van der Waals surface area contributed by atoms with Crippen LogP contribution in [-0.2, 0) is 0 Å². The fraction of sp³-hybridized carbons (Fsp3) is 0.545. The number of furan rings is 1. The van der Waals surface area contributed by atoms with Gasteiger partial charge in [0.2, 0.25) is 5.78 Å². The van der Waals surface area contributed by atoms with Crippen LogP contribution in [0.5, 0.6) is 0 Å². The van der Waals surface area contributed by atoms with E-state index in [0.717, 1.165) is 19.0 Å². The molecule has 1 aliphatic rings. The minimum Gasteiger partial charge on any atom is -0.461 e. The molecule has 0 bridgehead atoms. The van der Waals surface area contributed by atoms with Gasteiger partial charge >= 0.3 is 0 Å². The van der Waals surface area contributed by atoms with Gasteiger partial charge < -0.3 is 4.42 Å². The average molecular weight is 193 g/mol. The molecule has 2 rings (SSSR count). The van der Waals surface area contributed by atoms with Crippen LogP contribution in [-0.4, -0.2) is 30.3 Å². The molecule has 0 aromatic carbocycles. The van der Waals surface area contributed by atoms with E-state index in [1.54, 1.807) is 18.4 Å². The van der Waals surface area contributed by atoms with Crippen LogP contribution in [0.25, 0.3) is 0 Å². The SMILES string of the molecule is CC1CCN(CC(=O)c2ccco2)C1. The number of hydrogen-bond acceptors (Lipinski definition) is 3. The molecular weight excluding hydrogens is 178 g/mol. The first-order valence-corrected chi connectivity index (χ1v) is 5.05. The molecule has 1 fully saturated rings. The number of nitrogens with zero attached hydrogens (tertiary/aromatic N) is 1. The van der Waals surface area contributed by atoms with Crippen molar-refractivity contribution in [3.05, 3.63) is 24.2 Å². The van der Waals surface area contributed by atoms with E-state index in [4.69, 9.17) is 4.42 Å². The average Bonchev–Trinajstić information content (AvgIpc) is 2.75. The standard InChI is InChI=1S/C11H15NO2/c1-9-4-5-12(7-9)8-10(13)11-3-2-6-14-11/h2-3,6,9H,4-5,7-8H2,1H3. The largest absolute Gasteiger partial charge is 0.461 e. The van der Waals surface area contributed by atoms with Crippen LogP contribution in [0.15, 0.2) is 22.8 Å². The Bertz CT molecular complexity index is 305. The second-order valence-corrected chi connectivity index (χ2v) is 4.03. The Morgan fingerprint density at radius 3 is 3.14 bits per heavy atom. The molecule has 0 N–H and O–H groups in total. The number of hydrogen-bond donors (Lipinski definition) is 0. The van der Waals surface area contributed by atoms with Crippen LogP contribution in [0.4, 0.5) is 0 Å². The maximum Gasteiger partial charge on any atom is 0.211 e. The molecule has 0 aliphatic carbocycles. The number of Topliss-reactive ketones (excluding diaryl/α,β-unsaturated/α-hetero) is 1. The van der Waals surface area contributed by atoms with Crippen molar-refractivity contribution in [3.63, 3.8) is 0 Å². The first-order valence-electron chi connectivity index (χ1n) is 5.05. The third-order valence-electron chi connectivity index (χ3n) is 2.67. The van der Waals surface area contributed by atoms with Gasteiger partial charge in [0, 0.05) is 6.54 Å². The Kier molecular flexibility index (Phi) is 2.68. The summed E-state index contributed by atoms with van der Waals surface area (Å²) in [6, 6.07) is 3.47. The monoisotopic (exact) mass is 193 g/mol. The second-order valence-electron chi connectivity index (χ2n) is 4.03. The molecule has 3 nitrogen and oxygen atoms in total.